The number of nitrogens with one attached hydrogen (secondary N) is 2. The van der Waals surface area contributed by atoms with Crippen molar-refractivity contribution < 1.29 is 4.79 Å². The smallest absolute Gasteiger partial charge is 0.224 e. The maximum absolute atomic E-state index is 11.2. The number of carbonyl (C=O) groups is 1. The normalized spacial score (nSPS) is 11.1. The minimum absolute atomic E-state index is 0.339. The highest BCUT2D eigenvalue weighted by Gasteiger charge is 2.24. The number of aryl methyl sites for hydroxylation is 1. The van der Waals surface area contributed by atoms with E-state index in [4.69, 9.17) is 5.73 Å². The van der Waals surface area contributed by atoms with Crippen LogP contribution >= 0.6 is 0 Å². The fraction of sp³-hybridized carbons (Fsp3) is 0.583. The van der Waals surface area contributed by atoms with Crippen molar-refractivity contribution in [3.63, 3.8) is 0 Å². The van der Waals surface area contributed by atoms with Crippen LogP contribution in [0.5, 0.6) is 0 Å². The third kappa shape index (κ3) is 3.58. The SMILES string of the molecule is CCc1nc(NC)cc(NCC(C)(C)C(N)=O)n1. The van der Waals surface area contributed by atoms with Crippen LogP contribution in [-0.4, -0.2) is 29.5 Å². The summed E-state index contributed by atoms with van der Waals surface area (Å²) in [5.41, 5.74) is 4.71. The summed E-state index contributed by atoms with van der Waals surface area (Å²) in [6.45, 7) is 6.02. The molecule has 0 aliphatic heterocycles. The van der Waals surface area contributed by atoms with Gasteiger partial charge in [0.1, 0.15) is 17.5 Å². The van der Waals surface area contributed by atoms with Crippen LogP contribution < -0.4 is 16.4 Å². The highest BCUT2D eigenvalue weighted by molar-refractivity contribution is 5.80. The molecule has 1 amide bonds. The van der Waals surface area contributed by atoms with Crippen LogP contribution in [0.4, 0.5) is 11.6 Å². The van der Waals surface area contributed by atoms with E-state index in [9.17, 15) is 4.79 Å². The molecule has 1 aromatic heterocycles. The first kappa shape index (κ1) is 14.2. The predicted octanol–water partition coefficient (Wildman–Crippen LogP) is 1.00. The summed E-state index contributed by atoms with van der Waals surface area (Å²) in [5, 5.41) is 6.10. The lowest BCUT2D eigenvalue weighted by atomic mass is 9.93. The maximum atomic E-state index is 11.2. The molecule has 0 radical (unpaired) electrons. The van der Waals surface area contributed by atoms with Gasteiger partial charge < -0.3 is 16.4 Å². The molecule has 0 spiro atoms. The Morgan fingerprint density at radius 1 is 1.39 bits per heavy atom. The van der Waals surface area contributed by atoms with Crippen LogP contribution in [0.15, 0.2) is 6.07 Å². The monoisotopic (exact) mass is 251 g/mol. The zero-order valence-corrected chi connectivity index (χ0v) is 11.4. The van der Waals surface area contributed by atoms with Gasteiger partial charge in [0.2, 0.25) is 5.91 Å². The zero-order valence-electron chi connectivity index (χ0n) is 11.4. The van der Waals surface area contributed by atoms with E-state index in [0.717, 1.165) is 18.1 Å². The highest BCUT2D eigenvalue weighted by atomic mass is 16.1. The standard InChI is InChI=1S/C12H21N5O/c1-5-8-16-9(14-4)6-10(17-8)15-7-12(2,3)11(13)18/h6H,5,7H2,1-4H3,(H2,13,18)(H2,14,15,16,17). The van der Waals surface area contributed by atoms with Gasteiger partial charge in [0, 0.05) is 26.1 Å². The van der Waals surface area contributed by atoms with Gasteiger partial charge in [-0.2, -0.15) is 0 Å². The van der Waals surface area contributed by atoms with Crippen molar-refractivity contribution >= 4 is 17.5 Å². The Balaban J connectivity index is 2.81. The van der Waals surface area contributed by atoms with Crippen LogP contribution in [0.1, 0.15) is 26.6 Å². The van der Waals surface area contributed by atoms with E-state index >= 15 is 0 Å². The van der Waals surface area contributed by atoms with E-state index in [0.29, 0.717) is 12.4 Å². The number of anilines is 2. The van der Waals surface area contributed by atoms with Crippen LogP contribution in [0.25, 0.3) is 0 Å². The molecule has 4 N–H and O–H groups in total. The fourth-order valence-corrected chi connectivity index (χ4v) is 1.27. The summed E-state index contributed by atoms with van der Waals surface area (Å²) >= 11 is 0. The number of carbonyl (C=O) groups excluding carboxylic acids is 1. The number of primary amides is 1. The largest absolute Gasteiger partial charge is 0.373 e. The molecule has 0 unspecified atom stereocenters. The average molecular weight is 251 g/mol. The highest BCUT2D eigenvalue weighted by Crippen LogP contribution is 2.17. The minimum Gasteiger partial charge on any atom is -0.373 e. The summed E-state index contributed by atoms with van der Waals surface area (Å²) in [7, 11) is 1.80. The Morgan fingerprint density at radius 2 is 2.00 bits per heavy atom. The van der Waals surface area contributed by atoms with Gasteiger partial charge in [-0.3, -0.25) is 4.79 Å². The van der Waals surface area contributed by atoms with Crippen molar-refractivity contribution in [2.45, 2.75) is 27.2 Å². The van der Waals surface area contributed by atoms with Gasteiger partial charge in [0.15, 0.2) is 0 Å². The van der Waals surface area contributed by atoms with Gasteiger partial charge in [-0.25, -0.2) is 9.97 Å². The van der Waals surface area contributed by atoms with Crippen LogP contribution in [0.2, 0.25) is 0 Å². The number of hydrogen-bond acceptors (Lipinski definition) is 5. The van der Waals surface area contributed by atoms with E-state index in [1.807, 2.05) is 6.92 Å². The van der Waals surface area contributed by atoms with Crippen LogP contribution in [0, 0.1) is 5.41 Å². The number of rotatable bonds is 6. The molecule has 0 aliphatic rings. The minimum atomic E-state index is -0.614. The van der Waals surface area contributed by atoms with E-state index < -0.39 is 5.41 Å². The topological polar surface area (TPSA) is 92.9 Å². The van der Waals surface area contributed by atoms with Gasteiger partial charge in [0.25, 0.3) is 0 Å². The molecular formula is C12H21N5O. The number of aromatic nitrogens is 2. The predicted molar refractivity (Wildman–Crippen MR) is 72.4 cm³/mol. The van der Waals surface area contributed by atoms with Gasteiger partial charge in [-0.05, 0) is 13.8 Å². The van der Waals surface area contributed by atoms with Crippen molar-refractivity contribution in [3.05, 3.63) is 11.9 Å². The Bertz CT molecular complexity index is 408. The molecule has 1 heterocycles. The van der Waals surface area contributed by atoms with Gasteiger partial charge in [0.05, 0.1) is 5.41 Å². The number of nitrogens with zero attached hydrogens (tertiary/aromatic N) is 2. The molecule has 6 nitrogen and oxygen atoms in total. The molecule has 0 saturated carbocycles. The molecule has 0 atom stereocenters. The molecule has 6 heteroatoms. The first-order valence-electron chi connectivity index (χ1n) is 5.98. The van der Waals surface area contributed by atoms with Gasteiger partial charge >= 0.3 is 0 Å². The second-order valence-corrected chi connectivity index (χ2v) is 4.76. The Kier molecular flexibility index (Phi) is 4.47. The van der Waals surface area contributed by atoms with Crippen LogP contribution in [-0.2, 0) is 11.2 Å². The molecule has 0 saturated heterocycles. The van der Waals surface area contributed by atoms with Crippen molar-refractivity contribution in [3.8, 4) is 0 Å². The van der Waals surface area contributed by atoms with Crippen molar-refractivity contribution in [1.82, 2.24) is 9.97 Å². The molecule has 1 aromatic rings. The van der Waals surface area contributed by atoms with E-state index in [1.165, 1.54) is 0 Å². The molecular weight excluding hydrogens is 230 g/mol. The summed E-state index contributed by atoms with van der Waals surface area (Å²) in [6.07, 6.45) is 0.753. The maximum Gasteiger partial charge on any atom is 0.224 e. The van der Waals surface area contributed by atoms with E-state index in [-0.39, 0.29) is 5.91 Å². The zero-order chi connectivity index (χ0) is 13.8. The molecule has 100 valence electrons. The number of nitrogens with two attached hydrogens (primary N) is 1. The molecule has 18 heavy (non-hydrogen) atoms. The summed E-state index contributed by atoms with van der Waals surface area (Å²) < 4.78 is 0. The Labute approximate surface area is 107 Å². The molecule has 1 rings (SSSR count). The molecule has 0 aliphatic carbocycles. The fourth-order valence-electron chi connectivity index (χ4n) is 1.27. The number of amides is 1. The van der Waals surface area contributed by atoms with E-state index in [2.05, 4.69) is 20.6 Å². The average Bonchev–Trinajstić information content (AvgIpc) is 2.35. The molecule has 0 fully saturated rings. The van der Waals surface area contributed by atoms with Crippen molar-refractivity contribution in [2.75, 3.05) is 24.2 Å². The first-order chi connectivity index (χ1) is 8.39. The lowest BCUT2D eigenvalue weighted by Gasteiger charge is -2.21. The lowest BCUT2D eigenvalue weighted by molar-refractivity contribution is -0.125. The quantitative estimate of drug-likeness (QED) is 0.701. The summed E-state index contributed by atoms with van der Waals surface area (Å²) in [5.74, 6) is 1.86. The second kappa shape index (κ2) is 5.66. The van der Waals surface area contributed by atoms with Crippen LogP contribution in [0.3, 0.4) is 0 Å². The number of hydrogen-bond donors (Lipinski definition) is 3. The third-order valence-corrected chi connectivity index (χ3v) is 2.72. The van der Waals surface area contributed by atoms with Gasteiger partial charge in [-0.1, -0.05) is 6.92 Å². The molecule has 0 aromatic carbocycles. The van der Waals surface area contributed by atoms with Crippen molar-refractivity contribution in [2.24, 2.45) is 11.1 Å². The Hall–Kier alpha value is -1.85. The molecule has 0 bridgehead atoms. The van der Waals surface area contributed by atoms with Crippen molar-refractivity contribution in [1.29, 1.82) is 0 Å². The third-order valence-electron chi connectivity index (χ3n) is 2.72. The Morgan fingerprint density at radius 3 is 2.50 bits per heavy atom. The van der Waals surface area contributed by atoms with E-state index in [1.54, 1.807) is 27.0 Å². The summed E-state index contributed by atoms with van der Waals surface area (Å²) in [4.78, 5) is 19.9. The lowest BCUT2D eigenvalue weighted by Crippen LogP contribution is -2.37. The van der Waals surface area contributed by atoms with Gasteiger partial charge in [-0.15, -0.1) is 0 Å². The second-order valence-electron chi connectivity index (χ2n) is 4.76. The first-order valence-corrected chi connectivity index (χ1v) is 5.98. The summed E-state index contributed by atoms with van der Waals surface area (Å²) in [6, 6.07) is 1.80.